The van der Waals surface area contributed by atoms with E-state index in [1.165, 1.54) is 0 Å². The minimum Gasteiger partial charge on any atom is -0.340 e. The van der Waals surface area contributed by atoms with E-state index in [-0.39, 0.29) is 5.91 Å². The van der Waals surface area contributed by atoms with E-state index in [0.717, 1.165) is 16.9 Å². The second kappa shape index (κ2) is 7.93. The molecule has 0 spiro atoms. The third-order valence-electron chi connectivity index (χ3n) is 4.37. The maximum atomic E-state index is 12.4. The Morgan fingerprint density at radius 3 is 2.41 bits per heavy atom. The summed E-state index contributed by atoms with van der Waals surface area (Å²) < 4.78 is 1.68. The van der Waals surface area contributed by atoms with Gasteiger partial charge in [0.05, 0.1) is 0 Å². The van der Waals surface area contributed by atoms with E-state index in [1.54, 1.807) is 10.9 Å². The van der Waals surface area contributed by atoms with Crippen molar-refractivity contribution < 1.29 is 4.79 Å². The average molecular weight is 384 g/mol. The summed E-state index contributed by atoms with van der Waals surface area (Å²) in [4.78, 5) is 21.3. The number of benzene rings is 2. The molecule has 0 atom stereocenters. The number of nitrogens with one attached hydrogen (secondary N) is 2. The van der Waals surface area contributed by atoms with Gasteiger partial charge in [-0.25, -0.2) is 14.6 Å². The predicted molar refractivity (Wildman–Crippen MR) is 113 cm³/mol. The van der Waals surface area contributed by atoms with Gasteiger partial charge in [-0.2, -0.15) is 5.10 Å². The van der Waals surface area contributed by atoms with Crippen LogP contribution in [-0.4, -0.2) is 25.7 Å². The summed E-state index contributed by atoms with van der Waals surface area (Å²) in [6.45, 7) is 3.76. The van der Waals surface area contributed by atoms with Gasteiger partial charge in [0.15, 0.2) is 5.82 Å². The van der Waals surface area contributed by atoms with Gasteiger partial charge in [0.25, 0.3) is 5.91 Å². The molecule has 7 heteroatoms. The number of nitrogens with zero attached hydrogens (tertiary/aromatic N) is 4. The van der Waals surface area contributed by atoms with Gasteiger partial charge in [-0.1, -0.05) is 18.2 Å². The monoisotopic (exact) mass is 384 g/mol. The minimum atomic E-state index is -0.126. The molecular formula is C22H20N6O. The molecule has 7 nitrogen and oxygen atoms in total. The van der Waals surface area contributed by atoms with Crippen LogP contribution in [-0.2, 0) is 0 Å². The highest BCUT2D eigenvalue weighted by atomic mass is 16.1. The van der Waals surface area contributed by atoms with Crippen LogP contribution in [0.15, 0.2) is 73.1 Å². The summed E-state index contributed by atoms with van der Waals surface area (Å²) in [6.07, 6.45) is 3.53. The Morgan fingerprint density at radius 2 is 1.69 bits per heavy atom. The molecule has 4 aromatic rings. The first-order valence-electron chi connectivity index (χ1n) is 9.18. The van der Waals surface area contributed by atoms with Crippen LogP contribution in [0.3, 0.4) is 0 Å². The van der Waals surface area contributed by atoms with Crippen molar-refractivity contribution in [3.05, 3.63) is 90.0 Å². The van der Waals surface area contributed by atoms with Crippen LogP contribution in [0.1, 0.15) is 21.7 Å². The summed E-state index contributed by atoms with van der Waals surface area (Å²) in [6, 6.07) is 18.6. The second-order valence-corrected chi connectivity index (χ2v) is 6.58. The number of hydrogen-bond donors (Lipinski definition) is 2. The topological polar surface area (TPSA) is 84.7 Å². The Labute approximate surface area is 168 Å². The van der Waals surface area contributed by atoms with E-state index in [4.69, 9.17) is 0 Å². The highest BCUT2D eigenvalue weighted by Gasteiger charge is 2.09. The first-order valence-corrected chi connectivity index (χ1v) is 9.18. The second-order valence-electron chi connectivity index (χ2n) is 6.58. The van der Waals surface area contributed by atoms with Crippen LogP contribution >= 0.6 is 0 Å². The molecule has 0 unspecified atom stereocenters. The first kappa shape index (κ1) is 18.4. The normalized spacial score (nSPS) is 10.6. The van der Waals surface area contributed by atoms with E-state index >= 15 is 0 Å². The average Bonchev–Trinajstić information content (AvgIpc) is 3.24. The van der Waals surface area contributed by atoms with Gasteiger partial charge in [-0.15, -0.1) is 0 Å². The first-order chi connectivity index (χ1) is 14.1. The van der Waals surface area contributed by atoms with E-state index in [0.29, 0.717) is 23.0 Å². The van der Waals surface area contributed by atoms with Gasteiger partial charge in [0, 0.05) is 35.4 Å². The van der Waals surface area contributed by atoms with Crippen molar-refractivity contribution in [1.29, 1.82) is 0 Å². The summed E-state index contributed by atoms with van der Waals surface area (Å²) in [5.74, 6) is 1.87. The Balaban J connectivity index is 1.48. The molecule has 0 fully saturated rings. The Morgan fingerprint density at radius 1 is 0.931 bits per heavy atom. The number of aryl methyl sites for hydroxylation is 2. The Hall–Kier alpha value is -4.00. The molecule has 0 aliphatic heterocycles. The smallest absolute Gasteiger partial charge is 0.255 e. The van der Waals surface area contributed by atoms with E-state index < -0.39 is 0 Å². The number of rotatable bonds is 5. The zero-order chi connectivity index (χ0) is 20.2. The third kappa shape index (κ3) is 4.30. The van der Waals surface area contributed by atoms with Crippen LogP contribution in [0.4, 0.5) is 17.2 Å². The number of carbonyl (C=O) groups excluding carboxylic acids is 1. The fourth-order valence-electron chi connectivity index (χ4n) is 2.95. The van der Waals surface area contributed by atoms with Crippen LogP contribution in [0.2, 0.25) is 0 Å². The minimum absolute atomic E-state index is 0.126. The van der Waals surface area contributed by atoms with E-state index in [1.807, 2.05) is 80.7 Å². The molecule has 1 amide bonds. The lowest BCUT2D eigenvalue weighted by molar-refractivity contribution is 0.102. The molecule has 0 bridgehead atoms. The molecule has 2 N–H and O–H groups in total. The highest BCUT2D eigenvalue weighted by Crippen LogP contribution is 2.20. The number of carbonyl (C=O) groups is 1. The molecule has 2 aromatic heterocycles. The number of hydrogen-bond acceptors (Lipinski definition) is 5. The molecule has 4 rings (SSSR count). The maximum absolute atomic E-state index is 12.4. The number of aromatic nitrogens is 4. The summed E-state index contributed by atoms with van der Waals surface area (Å²) in [5, 5.41) is 10.4. The maximum Gasteiger partial charge on any atom is 0.255 e. The van der Waals surface area contributed by atoms with Gasteiger partial charge >= 0.3 is 0 Å². The standard InChI is InChI=1S/C22H20N6O/c1-15-6-3-4-7-19(15)22(29)27-18-10-8-17(9-11-18)26-20-14-21(25-16(2)24-20)28-13-5-12-23-28/h3-14H,1-2H3,(H,27,29)(H,24,25,26). The highest BCUT2D eigenvalue weighted by molar-refractivity contribution is 6.05. The molecule has 0 saturated carbocycles. The van der Waals surface area contributed by atoms with Gasteiger partial charge < -0.3 is 10.6 Å². The van der Waals surface area contributed by atoms with Crippen LogP contribution < -0.4 is 10.6 Å². The summed E-state index contributed by atoms with van der Waals surface area (Å²) in [7, 11) is 0. The van der Waals surface area contributed by atoms with Gasteiger partial charge in [-0.3, -0.25) is 4.79 Å². The lowest BCUT2D eigenvalue weighted by atomic mass is 10.1. The Kier molecular flexibility index (Phi) is 5.03. The van der Waals surface area contributed by atoms with Gasteiger partial charge in [0.2, 0.25) is 0 Å². The van der Waals surface area contributed by atoms with Crippen LogP contribution in [0.25, 0.3) is 5.82 Å². The van der Waals surface area contributed by atoms with Crippen LogP contribution in [0.5, 0.6) is 0 Å². The van der Waals surface area contributed by atoms with Gasteiger partial charge in [0.1, 0.15) is 11.6 Å². The van der Waals surface area contributed by atoms with Crippen molar-refractivity contribution in [3.8, 4) is 5.82 Å². The van der Waals surface area contributed by atoms with Gasteiger partial charge in [-0.05, 0) is 55.8 Å². The van der Waals surface area contributed by atoms with Crippen molar-refractivity contribution in [2.45, 2.75) is 13.8 Å². The largest absolute Gasteiger partial charge is 0.340 e. The molecule has 144 valence electrons. The van der Waals surface area contributed by atoms with Crippen molar-refractivity contribution in [1.82, 2.24) is 19.7 Å². The lowest BCUT2D eigenvalue weighted by Crippen LogP contribution is -2.13. The molecule has 2 aromatic carbocycles. The van der Waals surface area contributed by atoms with Crippen molar-refractivity contribution in [2.24, 2.45) is 0 Å². The van der Waals surface area contributed by atoms with Crippen LogP contribution in [0, 0.1) is 13.8 Å². The molecule has 0 aliphatic carbocycles. The SMILES string of the molecule is Cc1nc(Nc2ccc(NC(=O)c3ccccc3C)cc2)cc(-n2cccn2)n1. The zero-order valence-electron chi connectivity index (χ0n) is 16.1. The Bertz CT molecular complexity index is 1140. The molecule has 0 aliphatic rings. The van der Waals surface area contributed by atoms with Crippen molar-refractivity contribution >= 4 is 23.1 Å². The molecular weight excluding hydrogens is 364 g/mol. The number of amides is 1. The number of anilines is 3. The van der Waals surface area contributed by atoms with E-state index in [2.05, 4.69) is 25.7 Å². The fourth-order valence-corrected chi connectivity index (χ4v) is 2.95. The third-order valence-corrected chi connectivity index (χ3v) is 4.37. The zero-order valence-corrected chi connectivity index (χ0v) is 16.1. The molecule has 2 heterocycles. The fraction of sp³-hybridized carbons (Fsp3) is 0.0909. The van der Waals surface area contributed by atoms with E-state index in [9.17, 15) is 4.79 Å². The molecule has 0 radical (unpaired) electrons. The quantitative estimate of drug-likeness (QED) is 0.537. The summed E-state index contributed by atoms with van der Waals surface area (Å²) >= 11 is 0. The molecule has 29 heavy (non-hydrogen) atoms. The molecule has 0 saturated heterocycles. The van der Waals surface area contributed by atoms with Crippen molar-refractivity contribution in [2.75, 3.05) is 10.6 Å². The van der Waals surface area contributed by atoms with Crippen molar-refractivity contribution in [3.63, 3.8) is 0 Å². The lowest BCUT2D eigenvalue weighted by Gasteiger charge is -2.10. The predicted octanol–water partition coefficient (Wildman–Crippen LogP) is 4.28. The summed E-state index contributed by atoms with van der Waals surface area (Å²) in [5.41, 5.74) is 3.18.